The van der Waals surface area contributed by atoms with Crippen LogP contribution >= 0.6 is 0 Å². The molecule has 0 radical (unpaired) electrons. The van der Waals surface area contributed by atoms with Gasteiger partial charge in [-0.2, -0.15) is 0 Å². The van der Waals surface area contributed by atoms with Crippen molar-refractivity contribution in [2.75, 3.05) is 0 Å². The predicted molar refractivity (Wildman–Crippen MR) is 167 cm³/mol. The van der Waals surface area contributed by atoms with E-state index in [-0.39, 0.29) is 63.3 Å². The molecule has 5 aliphatic carbocycles. The number of fused-ring (bicyclic) bond motifs is 4. The fourth-order valence-electron chi connectivity index (χ4n) is 13.1. The van der Waals surface area contributed by atoms with Gasteiger partial charge in [-0.25, -0.2) is 0 Å². The molecule has 2 spiro atoms. The Bertz CT molecular complexity index is 1310. The molecule has 2 N–H and O–H groups in total. The fraction of sp³-hybridized carbons (Fsp3) is 0.789. The summed E-state index contributed by atoms with van der Waals surface area (Å²) in [5, 5.41) is 23.5. The predicted octanol–water partition coefficient (Wildman–Crippen LogP) is 6.29. The van der Waals surface area contributed by atoms with E-state index in [4.69, 9.17) is 9.47 Å². The van der Waals surface area contributed by atoms with E-state index in [1.165, 1.54) is 19.8 Å². The maximum absolute atomic E-state index is 13.6. The van der Waals surface area contributed by atoms with E-state index in [9.17, 15) is 19.8 Å². The third kappa shape index (κ3) is 3.95. The zero-order valence-corrected chi connectivity index (χ0v) is 27.7. The number of hydrogen-bond donors (Lipinski definition) is 2. The number of rotatable bonds is 6. The molecule has 13 atom stereocenters. The van der Waals surface area contributed by atoms with Crippen LogP contribution in [0, 0.1) is 50.7 Å². The molecule has 44 heavy (non-hydrogen) atoms. The summed E-state index contributed by atoms with van der Waals surface area (Å²) in [5.41, 5.74) is 1.16. The first-order valence-corrected chi connectivity index (χ1v) is 17.5. The number of aliphatic hydroxyl groups is 2. The number of Topliss-reactive ketones (excluding diaryl/α,β-unsaturated/α-hetero) is 1. The number of aryl methyl sites for hydroxylation is 1. The standard InChI is InChI=1S/C38H54O6/c1-22-20-26(31(43-23(2)39)25(40)13-12-24-10-8-7-9-11-24)44-32-30(22)35(5)18-19-38-21-37(38)17-16-29(41)34(3,4)27(37)14-15-28(38)36(35,6)33(32)42/h7-11,22,26-33,41-42H,12-21H2,1-6H3/t22-,26-,27+,28+,29+,30+,31-,32+,33+,35-,36-,37?,38+/m1/s1. The lowest BCUT2D eigenvalue weighted by Crippen LogP contribution is -2.59. The van der Waals surface area contributed by atoms with Gasteiger partial charge in [0, 0.05) is 18.8 Å². The van der Waals surface area contributed by atoms with Crippen LogP contribution < -0.4 is 0 Å². The summed E-state index contributed by atoms with van der Waals surface area (Å²) in [6.45, 7) is 13.0. The van der Waals surface area contributed by atoms with Crippen molar-refractivity contribution >= 4 is 11.8 Å². The zero-order valence-electron chi connectivity index (χ0n) is 27.7. The monoisotopic (exact) mass is 606 g/mol. The highest BCUT2D eigenvalue weighted by Gasteiger charge is 2.84. The normalized spacial score (nSPS) is 48.9. The average molecular weight is 607 g/mol. The molecule has 6 heteroatoms. The van der Waals surface area contributed by atoms with Crippen molar-refractivity contribution in [2.24, 2.45) is 50.7 Å². The van der Waals surface area contributed by atoms with Crippen molar-refractivity contribution < 1.29 is 29.3 Å². The van der Waals surface area contributed by atoms with Crippen molar-refractivity contribution in [3.63, 3.8) is 0 Å². The van der Waals surface area contributed by atoms with E-state index in [0.717, 1.165) is 37.7 Å². The van der Waals surface area contributed by atoms with E-state index >= 15 is 0 Å². The van der Waals surface area contributed by atoms with E-state index < -0.39 is 24.3 Å². The van der Waals surface area contributed by atoms with Gasteiger partial charge in [-0.1, -0.05) is 65.0 Å². The summed E-state index contributed by atoms with van der Waals surface area (Å²) in [6.07, 6.45) is 6.47. The number of hydrogen-bond acceptors (Lipinski definition) is 6. The molecule has 1 saturated heterocycles. The Kier molecular flexibility index (Phi) is 7.10. The molecule has 1 aromatic rings. The van der Waals surface area contributed by atoms with E-state index in [1.807, 2.05) is 30.3 Å². The Hall–Kier alpha value is -1.76. The number of benzene rings is 1. The average Bonchev–Trinajstić information content (AvgIpc) is 3.62. The molecule has 1 heterocycles. The highest BCUT2D eigenvalue weighted by molar-refractivity contribution is 5.86. The summed E-state index contributed by atoms with van der Waals surface area (Å²) < 4.78 is 12.6. The van der Waals surface area contributed by atoms with Crippen LogP contribution in [0.25, 0.3) is 0 Å². The van der Waals surface area contributed by atoms with Crippen LogP contribution in [-0.4, -0.2) is 52.5 Å². The van der Waals surface area contributed by atoms with E-state index in [2.05, 4.69) is 34.6 Å². The lowest BCUT2D eigenvalue weighted by Gasteiger charge is -2.63. The Balaban J connectivity index is 1.16. The second-order valence-electron chi connectivity index (χ2n) is 17.1. The van der Waals surface area contributed by atoms with Crippen LogP contribution in [0.4, 0.5) is 0 Å². The largest absolute Gasteiger partial charge is 0.452 e. The van der Waals surface area contributed by atoms with Gasteiger partial charge in [0.15, 0.2) is 11.9 Å². The van der Waals surface area contributed by atoms with Gasteiger partial charge in [0.2, 0.25) is 0 Å². The van der Waals surface area contributed by atoms with Gasteiger partial charge in [0.25, 0.3) is 0 Å². The van der Waals surface area contributed by atoms with Crippen molar-refractivity contribution in [2.45, 2.75) is 136 Å². The minimum absolute atomic E-state index is 0.0692. The summed E-state index contributed by atoms with van der Waals surface area (Å²) in [5.74, 6) is 0.783. The van der Waals surface area contributed by atoms with E-state index in [0.29, 0.717) is 24.7 Å². The molecule has 1 aromatic carbocycles. The zero-order chi connectivity index (χ0) is 31.4. The van der Waals surface area contributed by atoms with Crippen molar-refractivity contribution in [1.82, 2.24) is 0 Å². The lowest BCUT2D eigenvalue weighted by molar-refractivity contribution is -0.192. The van der Waals surface area contributed by atoms with Gasteiger partial charge in [-0.15, -0.1) is 0 Å². The highest BCUT2D eigenvalue weighted by atomic mass is 16.6. The van der Waals surface area contributed by atoms with Crippen LogP contribution in [-0.2, 0) is 25.5 Å². The topological polar surface area (TPSA) is 93.1 Å². The Morgan fingerprint density at radius 2 is 1.66 bits per heavy atom. The van der Waals surface area contributed by atoms with Gasteiger partial charge in [-0.05, 0) is 109 Å². The third-order valence-corrected chi connectivity index (χ3v) is 15.3. The number of carbonyl (C=O) groups is 2. The van der Waals surface area contributed by atoms with Crippen LogP contribution in [0.15, 0.2) is 30.3 Å². The quantitative estimate of drug-likeness (QED) is 0.370. The molecule has 1 aliphatic heterocycles. The smallest absolute Gasteiger partial charge is 0.303 e. The van der Waals surface area contributed by atoms with Gasteiger partial charge in [0.05, 0.1) is 18.3 Å². The molecule has 1 unspecified atom stereocenters. The summed E-state index contributed by atoms with van der Waals surface area (Å²) >= 11 is 0. The first-order chi connectivity index (χ1) is 20.7. The van der Waals surface area contributed by atoms with Gasteiger partial charge in [-0.3, -0.25) is 9.59 Å². The number of ketones is 1. The van der Waals surface area contributed by atoms with Crippen LogP contribution in [0.2, 0.25) is 0 Å². The van der Waals surface area contributed by atoms with Crippen LogP contribution in [0.1, 0.15) is 105 Å². The summed E-state index contributed by atoms with van der Waals surface area (Å²) in [7, 11) is 0. The SMILES string of the molecule is CC(=O)O[C@H](C(=O)CCc1ccccc1)[C@H]1C[C@@H](C)[C@H]2[C@H](O1)[C@H](O)[C@@]1(C)[C@@H]3CC[C@H]4C(C)(C)[C@@H](O)CCC45C[C@@]35CC[C@]21C. The van der Waals surface area contributed by atoms with Crippen molar-refractivity contribution in [3.8, 4) is 0 Å². The number of esters is 1. The molecule has 6 fully saturated rings. The Labute approximate surface area is 263 Å². The van der Waals surface area contributed by atoms with E-state index in [1.54, 1.807) is 0 Å². The molecule has 7 rings (SSSR count). The molecular weight excluding hydrogens is 552 g/mol. The van der Waals surface area contributed by atoms with Gasteiger partial charge in [0.1, 0.15) is 6.10 Å². The van der Waals surface area contributed by atoms with Crippen molar-refractivity contribution in [1.29, 1.82) is 0 Å². The molecule has 6 nitrogen and oxygen atoms in total. The molecular formula is C38H54O6. The molecule has 0 amide bonds. The molecule has 242 valence electrons. The fourth-order valence-corrected chi connectivity index (χ4v) is 13.1. The summed E-state index contributed by atoms with van der Waals surface area (Å²) in [4.78, 5) is 25.9. The summed E-state index contributed by atoms with van der Waals surface area (Å²) in [6, 6.07) is 9.92. The lowest BCUT2D eigenvalue weighted by atomic mass is 9.41. The minimum Gasteiger partial charge on any atom is -0.452 e. The Morgan fingerprint density at radius 1 is 0.977 bits per heavy atom. The minimum atomic E-state index is -0.959. The van der Waals surface area contributed by atoms with Crippen LogP contribution in [0.5, 0.6) is 0 Å². The van der Waals surface area contributed by atoms with Crippen molar-refractivity contribution in [3.05, 3.63) is 35.9 Å². The third-order valence-electron chi connectivity index (χ3n) is 15.3. The van der Waals surface area contributed by atoms with Gasteiger partial charge >= 0.3 is 5.97 Å². The second-order valence-corrected chi connectivity index (χ2v) is 17.1. The maximum atomic E-state index is 13.6. The highest BCUT2D eigenvalue weighted by Crippen LogP contribution is 2.89. The molecule has 6 aliphatic rings. The first kappa shape index (κ1) is 30.9. The molecule has 0 aromatic heterocycles. The number of aliphatic hydroxyl groups excluding tert-OH is 2. The number of ether oxygens (including phenoxy) is 2. The maximum Gasteiger partial charge on any atom is 0.303 e. The Morgan fingerprint density at radius 3 is 2.36 bits per heavy atom. The molecule has 5 saturated carbocycles. The molecule has 0 bridgehead atoms. The number of carbonyl (C=O) groups excluding carboxylic acids is 2. The van der Waals surface area contributed by atoms with Gasteiger partial charge < -0.3 is 19.7 Å². The second kappa shape index (κ2) is 10.1. The first-order valence-electron chi connectivity index (χ1n) is 17.5. The van der Waals surface area contributed by atoms with Crippen LogP contribution in [0.3, 0.4) is 0 Å².